The van der Waals surface area contributed by atoms with Crippen molar-refractivity contribution in [1.29, 1.82) is 0 Å². The Balaban J connectivity index is 0.00000144. The quantitative estimate of drug-likeness (QED) is 0.845. The molecule has 3 aliphatic heterocycles. The predicted octanol–water partition coefficient (Wildman–Crippen LogP) is 2.20. The van der Waals surface area contributed by atoms with Crippen LogP contribution in [0.1, 0.15) is 44.9 Å². The SMILES string of the molecule is Cl.NC(C(=O)N1CC2CC3CC(C2)CC1C3)C1CCOCC1. The van der Waals surface area contributed by atoms with Gasteiger partial charge in [-0.1, -0.05) is 0 Å². The summed E-state index contributed by atoms with van der Waals surface area (Å²) >= 11 is 0. The Morgan fingerprint density at radius 2 is 1.59 bits per heavy atom. The summed E-state index contributed by atoms with van der Waals surface area (Å²) in [4.78, 5) is 15.2. The molecule has 1 amide bonds. The minimum absolute atomic E-state index is 0. The van der Waals surface area contributed by atoms with Crippen LogP contribution in [-0.2, 0) is 9.53 Å². The first-order valence-corrected chi connectivity index (χ1v) is 8.84. The Bertz CT molecular complexity index is 399. The van der Waals surface area contributed by atoms with Crippen molar-refractivity contribution in [3.8, 4) is 0 Å². The summed E-state index contributed by atoms with van der Waals surface area (Å²) in [6.07, 6.45) is 8.48. The molecule has 22 heavy (non-hydrogen) atoms. The van der Waals surface area contributed by atoms with E-state index in [1.807, 2.05) is 0 Å². The zero-order valence-electron chi connectivity index (χ0n) is 13.3. The minimum Gasteiger partial charge on any atom is -0.381 e. The molecule has 126 valence electrons. The van der Waals surface area contributed by atoms with E-state index in [0.717, 1.165) is 50.4 Å². The lowest BCUT2D eigenvalue weighted by molar-refractivity contribution is -0.137. The third-order valence-corrected chi connectivity index (χ3v) is 6.45. The molecule has 0 radical (unpaired) electrons. The molecule has 3 unspecified atom stereocenters. The molecule has 4 bridgehead atoms. The van der Waals surface area contributed by atoms with Gasteiger partial charge in [-0.15, -0.1) is 12.4 Å². The van der Waals surface area contributed by atoms with Gasteiger partial charge >= 0.3 is 0 Å². The second-order valence-corrected chi connectivity index (χ2v) is 7.90. The molecule has 3 saturated heterocycles. The van der Waals surface area contributed by atoms with Crippen LogP contribution in [0.15, 0.2) is 0 Å². The maximum absolute atomic E-state index is 13.0. The van der Waals surface area contributed by atoms with Gasteiger partial charge in [-0.05, 0) is 68.6 Å². The molecule has 3 heterocycles. The Morgan fingerprint density at radius 1 is 1.00 bits per heavy atom. The fourth-order valence-electron chi connectivity index (χ4n) is 5.52. The van der Waals surface area contributed by atoms with Crippen molar-refractivity contribution in [3.05, 3.63) is 0 Å². The summed E-state index contributed by atoms with van der Waals surface area (Å²) in [6.45, 7) is 2.51. The molecule has 2 saturated carbocycles. The van der Waals surface area contributed by atoms with Crippen LogP contribution >= 0.6 is 12.4 Å². The maximum atomic E-state index is 13.0. The molecule has 2 aliphatic carbocycles. The number of rotatable bonds is 2. The maximum Gasteiger partial charge on any atom is 0.240 e. The van der Waals surface area contributed by atoms with E-state index in [-0.39, 0.29) is 24.4 Å². The lowest BCUT2D eigenvalue weighted by Crippen LogP contribution is -2.53. The monoisotopic (exact) mass is 328 g/mol. The number of halogens is 1. The Kier molecular flexibility index (Phi) is 5.01. The van der Waals surface area contributed by atoms with Gasteiger partial charge in [0.25, 0.3) is 0 Å². The largest absolute Gasteiger partial charge is 0.381 e. The van der Waals surface area contributed by atoms with Gasteiger partial charge in [0.15, 0.2) is 0 Å². The average Bonchev–Trinajstić information content (AvgIpc) is 2.70. The van der Waals surface area contributed by atoms with Crippen molar-refractivity contribution in [2.24, 2.45) is 29.4 Å². The summed E-state index contributed by atoms with van der Waals surface area (Å²) in [6, 6.07) is 0.184. The van der Waals surface area contributed by atoms with E-state index < -0.39 is 0 Å². The standard InChI is InChI=1S/C17H28N2O2.ClH/c18-16(14-1-3-21-4-2-14)17(20)19-10-13-6-11-5-12(7-13)9-15(19)8-11;/h11-16H,1-10,18H2;1H. The number of ether oxygens (including phenoxy) is 1. The molecular formula is C17H29ClN2O2. The van der Waals surface area contributed by atoms with Crippen LogP contribution < -0.4 is 5.73 Å². The van der Waals surface area contributed by atoms with Crippen LogP contribution in [0, 0.1) is 23.7 Å². The predicted molar refractivity (Wildman–Crippen MR) is 87.8 cm³/mol. The molecule has 0 aromatic rings. The van der Waals surface area contributed by atoms with Crippen molar-refractivity contribution in [1.82, 2.24) is 4.90 Å². The Hall–Kier alpha value is -0.320. The van der Waals surface area contributed by atoms with Crippen LogP contribution in [0.4, 0.5) is 0 Å². The van der Waals surface area contributed by atoms with Gasteiger partial charge in [0.1, 0.15) is 0 Å². The first-order chi connectivity index (χ1) is 10.2. The van der Waals surface area contributed by atoms with Crippen LogP contribution in [0.2, 0.25) is 0 Å². The van der Waals surface area contributed by atoms with Gasteiger partial charge in [-0.3, -0.25) is 4.79 Å². The third kappa shape index (κ3) is 3.02. The molecule has 5 aliphatic rings. The van der Waals surface area contributed by atoms with Gasteiger partial charge in [0.2, 0.25) is 5.91 Å². The topological polar surface area (TPSA) is 55.6 Å². The van der Waals surface area contributed by atoms with Crippen molar-refractivity contribution < 1.29 is 9.53 Å². The number of nitrogens with zero attached hydrogens (tertiary/aromatic N) is 1. The molecule has 0 aromatic heterocycles. The van der Waals surface area contributed by atoms with Crippen molar-refractivity contribution in [2.75, 3.05) is 19.8 Å². The van der Waals surface area contributed by atoms with E-state index in [4.69, 9.17) is 10.5 Å². The Labute approximate surface area is 139 Å². The fraction of sp³-hybridized carbons (Fsp3) is 0.941. The molecule has 5 fully saturated rings. The highest BCUT2D eigenvalue weighted by Gasteiger charge is 2.45. The van der Waals surface area contributed by atoms with Gasteiger partial charge in [0.05, 0.1) is 6.04 Å². The first kappa shape index (κ1) is 16.5. The van der Waals surface area contributed by atoms with Crippen LogP contribution in [0.25, 0.3) is 0 Å². The molecule has 2 N–H and O–H groups in total. The van der Waals surface area contributed by atoms with Crippen molar-refractivity contribution >= 4 is 18.3 Å². The number of hydrogen-bond acceptors (Lipinski definition) is 3. The summed E-state index contributed by atoms with van der Waals surface area (Å²) in [5.41, 5.74) is 6.36. The second-order valence-electron chi connectivity index (χ2n) is 7.90. The number of carbonyl (C=O) groups is 1. The van der Waals surface area contributed by atoms with Crippen molar-refractivity contribution in [3.63, 3.8) is 0 Å². The summed E-state index contributed by atoms with van der Waals surface area (Å²) < 4.78 is 5.40. The lowest BCUT2D eigenvalue weighted by Gasteiger charge is -2.40. The molecule has 5 rings (SSSR count). The number of nitrogens with two attached hydrogens (primary N) is 1. The first-order valence-electron chi connectivity index (χ1n) is 8.84. The minimum atomic E-state index is -0.301. The number of carbonyl (C=O) groups excluding carboxylic acids is 1. The molecular weight excluding hydrogens is 300 g/mol. The van der Waals surface area contributed by atoms with Crippen LogP contribution in [0.5, 0.6) is 0 Å². The van der Waals surface area contributed by atoms with E-state index in [1.54, 1.807) is 0 Å². The van der Waals surface area contributed by atoms with E-state index >= 15 is 0 Å². The van der Waals surface area contributed by atoms with Crippen molar-refractivity contribution in [2.45, 2.75) is 57.0 Å². The Morgan fingerprint density at radius 3 is 2.23 bits per heavy atom. The highest BCUT2D eigenvalue weighted by atomic mass is 35.5. The van der Waals surface area contributed by atoms with Crippen LogP contribution in [0.3, 0.4) is 0 Å². The number of amides is 1. The molecule has 3 atom stereocenters. The number of hydrogen-bond donors (Lipinski definition) is 1. The fourth-order valence-corrected chi connectivity index (χ4v) is 5.52. The van der Waals surface area contributed by atoms with Gasteiger partial charge in [-0.2, -0.15) is 0 Å². The molecule has 4 nitrogen and oxygen atoms in total. The molecule has 0 spiro atoms. The average molecular weight is 329 g/mol. The van der Waals surface area contributed by atoms with Gasteiger partial charge < -0.3 is 15.4 Å². The van der Waals surface area contributed by atoms with Gasteiger partial charge in [0, 0.05) is 25.8 Å². The normalized spacial score (nSPS) is 39.2. The summed E-state index contributed by atoms with van der Waals surface area (Å²) in [7, 11) is 0. The zero-order chi connectivity index (χ0) is 14.4. The molecule has 0 aromatic carbocycles. The third-order valence-electron chi connectivity index (χ3n) is 6.45. The van der Waals surface area contributed by atoms with E-state index in [9.17, 15) is 4.79 Å². The van der Waals surface area contributed by atoms with Crippen LogP contribution in [-0.4, -0.2) is 42.6 Å². The molecule has 5 heteroatoms. The van der Waals surface area contributed by atoms with E-state index in [0.29, 0.717) is 12.0 Å². The smallest absolute Gasteiger partial charge is 0.240 e. The lowest BCUT2D eigenvalue weighted by atomic mass is 9.68. The highest BCUT2D eigenvalue weighted by molar-refractivity contribution is 5.85. The summed E-state index contributed by atoms with van der Waals surface area (Å²) in [5.74, 6) is 3.06. The second kappa shape index (κ2) is 6.66. The zero-order valence-corrected chi connectivity index (χ0v) is 14.1. The summed E-state index contributed by atoms with van der Waals surface area (Å²) in [5, 5.41) is 0. The van der Waals surface area contributed by atoms with Gasteiger partial charge in [-0.25, -0.2) is 0 Å². The highest BCUT2D eigenvalue weighted by Crippen LogP contribution is 2.47. The van der Waals surface area contributed by atoms with E-state index in [1.165, 1.54) is 32.1 Å². The van der Waals surface area contributed by atoms with E-state index in [2.05, 4.69) is 4.90 Å². The number of fused-ring (bicyclic) bond motifs is 1.